The van der Waals surface area contributed by atoms with Gasteiger partial charge in [-0.05, 0) is 38.3 Å². The van der Waals surface area contributed by atoms with Crippen LogP contribution in [0.15, 0.2) is 0 Å². The third-order valence-corrected chi connectivity index (χ3v) is 3.78. The van der Waals surface area contributed by atoms with Crippen LogP contribution in [-0.2, 0) is 4.79 Å². The van der Waals surface area contributed by atoms with Crippen molar-refractivity contribution in [1.29, 1.82) is 0 Å². The van der Waals surface area contributed by atoms with Crippen LogP contribution in [-0.4, -0.2) is 30.3 Å². The molecule has 0 saturated heterocycles. The molecule has 1 aliphatic rings. The first kappa shape index (κ1) is 13.7. The second kappa shape index (κ2) is 7.05. The van der Waals surface area contributed by atoms with Crippen molar-refractivity contribution in [2.45, 2.75) is 52.9 Å². The standard InChI is InChI=1S/C14H27NO/c1-4-6-9-15(5-2)11-13-10-12(3)7-8-14(13)16/h12-13H,4-11H2,1-3H3. The second-order valence-electron chi connectivity index (χ2n) is 5.29. The highest BCUT2D eigenvalue weighted by atomic mass is 16.1. The van der Waals surface area contributed by atoms with Crippen LogP contribution in [0.5, 0.6) is 0 Å². The third kappa shape index (κ3) is 4.25. The lowest BCUT2D eigenvalue weighted by Crippen LogP contribution is -2.36. The van der Waals surface area contributed by atoms with E-state index in [1.165, 1.54) is 12.8 Å². The summed E-state index contributed by atoms with van der Waals surface area (Å²) in [4.78, 5) is 14.3. The molecule has 2 nitrogen and oxygen atoms in total. The van der Waals surface area contributed by atoms with Gasteiger partial charge in [0.2, 0.25) is 0 Å². The average Bonchev–Trinajstić information content (AvgIpc) is 2.28. The first-order chi connectivity index (χ1) is 7.67. The summed E-state index contributed by atoms with van der Waals surface area (Å²) in [5.74, 6) is 1.57. The SMILES string of the molecule is CCCCN(CC)CC1CC(C)CCC1=O. The predicted molar refractivity (Wildman–Crippen MR) is 68.5 cm³/mol. The minimum atomic E-state index is 0.320. The summed E-state index contributed by atoms with van der Waals surface area (Å²) in [5, 5.41) is 0. The fraction of sp³-hybridized carbons (Fsp3) is 0.929. The molecule has 0 N–H and O–H groups in total. The number of Topliss-reactive ketones (excluding diaryl/α,β-unsaturated/α-hetero) is 1. The Morgan fingerprint density at radius 3 is 2.75 bits per heavy atom. The lowest BCUT2D eigenvalue weighted by molar-refractivity contribution is -0.126. The summed E-state index contributed by atoms with van der Waals surface area (Å²) in [6.45, 7) is 9.94. The van der Waals surface area contributed by atoms with E-state index in [1.54, 1.807) is 0 Å². The van der Waals surface area contributed by atoms with Gasteiger partial charge in [0, 0.05) is 18.9 Å². The fourth-order valence-corrected chi connectivity index (χ4v) is 2.58. The highest BCUT2D eigenvalue weighted by molar-refractivity contribution is 5.81. The zero-order valence-corrected chi connectivity index (χ0v) is 11.2. The number of carbonyl (C=O) groups excluding carboxylic acids is 1. The van der Waals surface area contributed by atoms with E-state index < -0.39 is 0 Å². The molecular weight excluding hydrogens is 198 g/mol. The van der Waals surface area contributed by atoms with E-state index in [0.29, 0.717) is 11.7 Å². The monoisotopic (exact) mass is 225 g/mol. The molecule has 2 heteroatoms. The molecule has 0 aromatic carbocycles. The number of rotatable bonds is 6. The zero-order valence-electron chi connectivity index (χ0n) is 11.2. The molecule has 0 amide bonds. The van der Waals surface area contributed by atoms with Crippen molar-refractivity contribution in [1.82, 2.24) is 4.90 Å². The van der Waals surface area contributed by atoms with Crippen LogP contribution in [0.4, 0.5) is 0 Å². The molecule has 16 heavy (non-hydrogen) atoms. The summed E-state index contributed by atoms with van der Waals surface area (Å²) in [6.07, 6.45) is 5.53. The largest absolute Gasteiger partial charge is 0.303 e. The number of hydrogen-bond donors (Lipinski definition) is 0. The van der Waals surface area contributed by atoms with Crippen LogP contribution >= 0.6 is 0 Å². The van der Waals surface area contributed by atoms with Crippen LogP contribution in [0.1, 0.15) is 52.9 Å². The highest BCUT2D eigenvalue weighted by Gasteiger charge is 2.27. The third-order valence-electron chi connectivity index (χ3n) is 3.78. The summed E-state index contributed by atoms with van der Waals surface area (Å²) in [5.41, 5.74) is 0. The maximum atomic E-state index is 11.8. The number of ketones is 1. The molecular formula is C14H27NO. The van der Waals surface area contributed by atoms with Crippen LogP contribution in [0.2, 0.25) is 0 Å². The van der Waals surface area contributed by atoms with Crippen molar-refractivity contribution in [3.8, 4) is 0 Å². The van der Waals surface area contributed by atoms with Gasteiger partial charge in [-0.3, -0.25) is 4.79 Å². The fourth-order valence-electron chi connectivity index (χ4n) is 2.58. The van der Waals surface area contributed by atoms with Crippen molar-refractivity contribution < 1.29 is 4.79 Å². The topological polar surface area (TPSA) is 20.3 Å². The minimum Gasteiger partial charge on any atom is -0.303 e. The molecule has 0 heterocycles. The molecule has 1 saturated carbocycles. The molecule has 0 spiro atoms. The Morgan fingerprint density at radius 2 is 2.12 bits per heavy atom. The number of hydrogen-bond acceptors (Lipinski definition) is 2. The van der Waals surface area contributed by atoms with Gasteiger partial charge in [0.15, 0.2) is 0 Å². The predicted octanol–water partition coefficient (Wildman–Crippen LogP) is 3.11. The summed E-state index contributed by atoms with van der Waals surface area (Å²) < 4.78 is 0. The molecule has 0 aromatic rings. The first-order valence-electron chi connectivity index (χ1n) is 6.92. The van der Waals surface area contributed by atoms with Gasteiger partial charge >= 0.3 is 0 Å². The van der Waals surface area contributed by atoms with Crippen LogP contribution < -0.4 is 0 Å². The molecule has 0 aromatic heterocycles. The van der Waals surface area contributed by atoms with Crippen LogP contribution in [0.3, 0.4) is 0 Å². The smallest absolute Gasteiger partial charge is 0.137 e. The van der Waals surface area contributed by atoms with E-state index in [0.717, 1.165) is 44.8 Å². The Balaban J connectivity index is 2.39. The van der Waals surface area contributed by atoms with Gasteiger partial charge in [0.05, 0.1) is 0 Å². The molecule has 1 rings (SSSR count). The molecule has 0 bridgehead atoms. The Kier molecular flexibility index (Phi) is 6.04. The molecule has 1 fully saturated rings. The van der Waals surface area contributed by atoms with E-state index in [9.17, 15) is 4.79 Å². The maximum absolute atomic E-state index is 11.8. The van der Waals surface area contributed by atoms with E-state index >= 15 is 0 Å². The quantitative estimate of drug-likeness (QED) is 0.692. The van der Waals surface area contributed by atoms with E-state index in [1.807, 2.05) is 0 Å². The van der Waals surface area contributed by atoms with E-state index in [-0.39, 0.29) is 0 Å². The van der Waals surface area contributed by atoms with Crippen molar-refractivity contribution in [2.75, 3.05) is 19.6 Å². The molecule has 2 unspecified atom stereocenters. The minimum absolute atomic E-state index is 0.320. The molecule has 0 radical (unpaired) electrons. The van der Waals surface area contributed by atoms with Crippen LogP contribution in [0.25, 0.3) is 0 Å². The van der Waals surface area contributed by atoms with Gasteiger partial charge in [-0.25, -0.2) is 0 Å². The lowest BCUT2D eigenvalue weighted by Gasteiger charge is -2.30. The maximum Gasteiger partial charge on any atom is 0.137 e. The summed E-state index contributed by atoms with van der Waals surface area (Å²) >= 11 is 0. The zero-order chi connectivity index (χ0) is 12.0. The molecule has 0 aliphatic heterocycles. The van der Waals surface area contributed by atoms with Gasteiger partial charge < -0.3 is 4.90 Å². The number of unbranched alkanes of at least 4 members (excludes halogenated alkanes) is 1. The number of nitrogens with zero attached hydrogens (tertiary/aromatic N) is 1. The van der Waals surface area contributed by atoms with E-state index in [2.05, 4.69) is 25.7 Å². The van der Waals surface area contributed by atoms with Crippen molar-refractivity contribution >= 4 is 5.78 Å². The lowest BCUT2D eigenvalue weighted by atomic mass is 9.81. The Bertz CT molecular complexity index is 215. The van der Waals surface area contributed by atoms with Crippen molar-refractivity contribution in [3.63, 3.8) is 0 Å². The van der Waals surface area contributed by atoms with Crippen LogP contribution in [0, 0.1) is 11.8 Å². The second-order valence-corrected chi connectivity index (χ2v) is 5.29. The average molecular weight is 225 g/mol. The van der Waals surface area contributed by atoms with Crippen molar-refractivity contribution in [2.24, 2.45) is 11.8 Å². The Hall–Kier alpha value is -0.370. The Morgan fingerprint density at radius 1 is 1.38 bits per heavy atom. The number of carbonyl (C=O) groups is 1. The Labute approximate surface area is 100 Å². The van der Waals surface area contributed by atoms with Gasteiger partial charge in [0.25, 0.3) is 0 Å². The van der Waals surface area contributed by atoms with Gasteiger partial charge in [0.1, 0.15) is 5.78 Å². The van der Waals surface area contributed by atoms with E-state index in [4.69, 9.17) is 0 Å². The summed E-state index contributed by atoms with van der Waals surface area (Å²) in [6, 6.07) is 0. The van der Waals surface area contributed by atoms with Crippen molar-refractivity contribution in [3.05, 3.63) is 0 Å². The normalized spacial score (nSPS) is 26.4. The summed E-state index contributed by atoms with van der Waals surface area (Å²) in [7, 11) is 0. The van der Waals surface area contributed by atoms with Gasteiger partial charge in [-0.2, -0.15) is 0 Å². The first-order valence-corrected chi connectivity index (χ1v) is 6.92. The van der Waals surface area contributed by atoms with Gasteiger partial charge in [-0.15, -0.1) is 0 Å². The molecule has 1 aliphatic carbocycles. The molecule has 94 valence electrons. The molecule has 2 atom stereocenters. The van der Waals surface area contributed by atoms with Gasteiger partial charge in [-0.1, -0.05) is 27.2 Å². The highest BCUT2D eigenvalue weighted by Crippen LogP contribution is 2.26.